The lowest BCUT2D eigenvalue weighted by atomic mass is 10.1. The number of carbonyl (C=O) groups is 2. The molecular weight excluding hydrogens is 306 g/mol. The molecule has 6 heteroatoms. The molecule has 0 aliphatic rings. The molecule has 1 amide bonds. The second-order valence-corrected chi connectivity index (χ2v) is 6.47. The SMILES string of the molecule is Cc1cc(NC(=O)CSCc2cccs2)ccc1C(=O)O. The molecule has 1 aromatic carbocycles. The highest BCUT2D eigenvalue weighted by Crippen LogP contribution is 2.18. The molecule has 0 atom stereocenters. The molecule has 1 heterocycles. The van der Waals surface area contributed by atoms with Crippen molar-refractivity contribution >= 4 is 40.7 Å². The maximum absolute atomic E-state index is 11.8. The average Bonchev–Trinajstić information content (AvgIpc) is 2.91. The van der Waals surface area contributed by atoms with Gasteiger partial charge in [-0.3, -0.25) is 4.79 Å². The summed E-state index contributed by atoms with van der Waals surface area (Å²) in [5.74, 6) is 0.149. The van der Waals surface area contributed by atoms with Gasteiger partial charge >= 0.3 is 5.97 Å². The summed E-state index contributed by atoms with van der Waals surface area (Å²) in [5.41, 5.74) is 1.51. The van der Waals surface area contributed by atoms with Crippen molar-refractivity contribution in [3.63, 3.8) is 0 Å². The molecular formula is C15H15NO3S2. The molecule has 0 unspecified atom stereocenters. The predicted molar refractivity (Wildman–Crippen MR) is 87.2 cm³/mol. The van der Waals surface area contributed by atoms with Crippen molar-refractivity contribution in [1.29, 1.82) is 0 Å². The highest BCUT2D eigenvalue weighted by atomic mass is 32.2. The number of rotatable bonds is 6. The van der Waals surface area contributed by atoms with Crippen LogP contribution >= 0.6 is 23.1 Å². The van der Waals surface area contributed by atoms with Crippen molar-refractivity contribution in [1.82, 2.24) is 0 Å². The molecule has 1 aromatic heterocycles. The molecule has 0 aliphatic carbocycles. The van der Waals surface area contributed by atoms with E-state index in [-0.39, 0.29) is 11.5 Å². The van der Waals surface area contributed by atoms with Crippen molar-refractivity contribution in [2.45, 2.75) is 12.7 Å². The summed E-state index contributed by atoms with van der Waals surface area (Å²) in [4.78, 5) is 24.0. The minimum absolute atomic E-state index is 0.0842. The minimum atomic E-state index is -0.961. The Kier molecular flexibility index (Phi) is 5.41. The van der Waals surface area contributed by atoms with E-state index in [1.165, 1.54) is 10.9 Å². The third-order valence-electron chi connectivity index (χ3n) is 2.80. The van der Waals surface area contributed by atoms with E-state index in [1.54, 1.807) is 42.2 Å². The van der Waals surface area contributed by atoms with E-state index in [4.69, 9.17) is 5.11 Å². The monoisotopic (exact) mass is 321 g/mol. The second-order valence-electron chi connectivity index (χ2n) is 4.46. The number of thioether (sulfide) groups is 1. The summed E-state index contributed by atoms with van der Waals surface area (Å²) < 4.78 is 0. The Hall–Kier alpha value is -1.79. The Morgan fingerprint density at radius 2 is 2.14 bits per heavy atom. The van der Waals surface area contributed by atoms with Gasteiger partial charge in [-0.2, -0.15) is 0 Å². The average molecular weight is 321 g/mol. The van der Waals surface area contributed by atoms with Crippen LogP contribution in [0.2, 0.25) is 0 Å². The Balaban J connectivity index is 1.85. The zero-order chi connectivity index (χ0) is 15.2. The summed E-state index contributed by atoms with van der Waals surface area (Å²) in [6.45, 7) is 1.71. The van der Waals surface area contributed by atoms with Crippen molar-refractivity contribution in [3.8, 4) is 0 Å². The Labute approximate surface area is 131 Å². The highest BCUT2D eigenvalue weighted by molar-refractivity contribution is 7.99. The second kappa shape index (κ2) is 7.28. The van der Waals surface area contributed by atoms with Crippen LogP contribution in [0.1, 0.15) is 20.8 Å². The number of amides is 1. The fourth-order valence-corrected chi connectivity index (χ4v) is 3.49. The smallest absolute Gasteiger partial charge is 0.335 e. The first-order valence-electron chi connectivity index (χ1n) is 6.30. The Morgan fingerprint density at radius 3 is 2.76 bits per heavy atom. The highest BCUT2D eigenvalue weighted by Gasteiger charge is 2.09. The molecule has 0 aliphatic heterocycles. The number of benzene rings is 1. The van der Waals surface area contributed by atoms with E-state index in [2.05, 4.69) is 5.32 Å². The van der Waals surface area contributed by atoms with Crippen LogP contribution in [0.5, 0.6) is 0 Å². The Bertz CT molecular complexity index is 638. The molecule has 110 valence electrons. The van der Waals surface area contributed by atoms with E-state index in [1.807, 2.05) is 17.5 Å². The molecule has 2 rings (SSSR count). The normalized spacial score (nSPS) is 10.3. The summed E-state index contributed by atoms with van der Waals surface area (Å²) in [7, 11) is 0. The maximum Gasteiger partial charge on any atom is 0.335 e. The first-order valence-corrected chi connectivity index (χ1v) is 8.33. The first kappa shape index (κ1) is 15.6. The summed E-state index contributed by atoms with van der Waals surface area (Å²) >= 11 is 3.23. The van der Waals surface area contributed by atoms with Gasteiger partial charge < -0.3 is 10.4 Å². The number of thiophene rings is 1. The van der Waals surface area contributed by atoms with E-state index in [0.29, 0.717) is 17.0 Å². The summed E-state index contributed by atoms with van der Waals surface area (Å²) in [5, 5.41) is 13.8. The van der Waals surface area contributed by atoms with Crippen molar-refractivity contribution in [2.24, 2.45) is 0 Å². The van der Waals surface area contributed by atoms with Crippen LogP contribution in [0, 0.1) is 6.92 Å². The third kappa shape index (κ3) is 4.61. The predicted octanol–water partition coefficient (Wildman–Crippen LogP) is 3.63. The number of carboxylic acid groups (broad SMARTS) is 1. The van der Waals surface area contributed by atoms with E-state index in [9.17, 15) is 9.59 Å². The zero-order valence-corrected chi connectivity index (χ0v) is 13.1. The van der Waals surface area contributed by atoms with Gasteiger partial charge in [0.2, 0.25) is 5.91 Å². The number of anilines is 1. The summed E-state index contributed by atoms with van der Waals surface area (Å²) in [6.07, 6.45) is 0. The van der Waals surface area contributed by atoms with Crippen molar-refractivity contribution in [3.05, 3.63) is 51.7 Å². The van der Waals surface area contributed by atoms with Gasteiger partial charge in [-0.25, -0.2) is 4.79 Å². The number of carbonyl (C=O) groups excluding carboxylic acids is 1. The minimum Gasteiger partial charge on any atom is -0.478 e. The lowest BCUT2D eigenvalue weighted by Crippen LogP contribution is -2.14. The van der Waals surface area contributed by atoms with Crippen molar-refractivity contribution < 1.29 is 14.7 Å². The molecule has 21 heavy (non-hydrogen) atoms. The van der Waals surface area contributed by atoms with Gasteiger partial charge in [0.05, 0.1) is 11.3 Å². The van der Waals surface area contributed by atoms with Gasteiger partial charge in [0.25, 0.3) is 0 Å². The van der Waals surface area contributed by atoms with Crippen molar-refractivity contribution in [2.75, 3.05) is 11.1 Å². The van der Waals surface area contributed by atoms with Crippen LogP contribution in [0.4, 0.5) is 5.69 Å². The van der Waals surface area contributed by atoms with E-state index < -0.39 is 5.97 Å². The Morgan fingerprint density at radius 1 is 1.33 bits per heavy atom. The van der Waals surface area contributed by atoms with Gasteiger partial charge in [-0.05, 0) is 42.1 Å². The molecule has 0 fully saturated rings. The molecule has 0 radical (unpaired) electrons. The number of hydrogen-bond acceptors (Lipinski definition) is 4. The van der Waals surface area contributed by atoms with Crippen LogP contribution in [0.3, 0.4) is 0 Å². The van der Waals surface area contributed by atoms with Gasteiger partial charge in [-0.1, -0.05) is 6.07 Å². The molecule has 2 aromatic rings. The van der Waals surface area contributed by atoms with Crippen LogP contribution < -0.4 is 5.32 Å². The molecule has 0 saturated carbocycles. The lowest BCUT2D eigenvalue weighted by molar-refractivity contribution is -0.113. The van der Waals surface area contributed by atoms with Gasteiger partial charge in [0, 0.05) is 16.3 Å². The lowest BCUT2D eigenvalue weighted by Gasteiger charge is -2.07. The number of aryl methyl sites for hydroxylation is 1. The fourth-order valence-electron chi connectivity index (χ4n) is 1.82. The molecule has 2 N–H and O–H groups in total. The number of aromatic carboxylic acids is 1. The number of carboxylic acids is 1. The van der Waals surface area contributed by atoms with Gasteiger partial charge in [-0.15, -0.1) is 23.1 Å². The molecule has 0 bridgehead atoms. The standard InChI is InChI=1S/C15H15NO3S2/c1-10-7-11(4-5-13(10)15(18)19)16-14(17)9-20-8-12-3-2-6-21-12/h2-7H,8-9H2,1H3,(H,16,17)(H,18,19). The zero-order valence-electron chi connectivity index (χ0n) is 11.5. The van der Waals surface area contributed by atoms with Crippen LogP contribution in [-0.2, 0) is 10.5 Å². The topological polar surface area (TPSA) is 66.4 Å². The molecule has 0 saturated heterocycles. The van der Waals surface area contributed by atoms with E-state index in [0.717, 1.165) is 5.75 Å². The fraction of sp³-hybridized carbons (Fsp3) is 0.200. The van der Waals surface area contributed by atoms with Crippen LogP contribution in [-0.4, -0.2) is 22.7 Å². The maximum atomic E-state index is 11.8. The largest absolute Gasteiger partial charge is 0.478 e. The molecule has 0 spiro atoms. The van der Waals surface area contributed by atoms with Gasteiger partial charge in [0.1, 0.15) is 0 Å². The first-order chi connectivity index (χ1) is 10.1. The van der Waals surface area contributed by atoms with Crippen LogP contribution in [0.15, 0.2) is 35.7 Å². The van der Waals surface area contributed by atoms with E-state index >= 15 is 0 Å². The van der Waals surface area contributed by atoms with Gasteiger partial charge in [0.15, 0.2) is 0 Å². The quantitative estimate of drug-likeness (QED) is 0.852. The number of hydrogen-bond donors (Lipinski definition) is 2. The third-order valence-corrected chi connectivity index (χ3v) is 4.84. The number of nitrogens with one attached hydrogen (secondary N) is 1. The summed E-state index contributed by atoms with van der Waals surface area (Å²) in [6, 6.07) is 8.83. The van der Waals surface area contributed by atoms with Crippen LogP contribution in [0.25, 0.3) is 0 Å². The molecule has 4 nitrogen and oxygen atoms in total.